The van der Waals surface area contributed by atoms with Gasteiger partial charge in [0.15, 0.2) is 5.82 Å². The predicted octanol–water partition coefficient (Wildman–Crippen LogP) is 6.21. The topological polar surface area (TPSA) is 113 Å². The van der Waals surface area contributed by atoms with Crippen molar-refractivity contribution in [3.63, 3.8) is 0 Å². The maximum absolute atomic E-state index is 13.3. The summed E-state index contributed by atoms with van der Waals surface area (Å²) >= 11 is 1.49. The van der Waals surface area contributed by atoms with Gasteiger partial charge in [0.1, 0.15) is 11.2 Å². The highest BCUT2D eigenvalue weighted by atomic mass is 32.2. The number of anilines is 2. The molecule has 1 unspecified atom stereocenters. The zero-order valence-corrected chi connectivity index (χ0v) is 26.1. The van der Waals surface area contributed by atoms with E-state index in [9.17, 15) is 31.5 Å². The van der Waals surface area contributed by atoms with E-state index in [4.69, 9.17) is 0 Å². The monoisotopic (exact) mass is 675 g/mol. The smallest absolute Gasteiger partial charge is 0.426 e. The van der Waals surface area contributed by atoms with Crippen LogP contribution in [0.3, 0.4) is 0 Å². The molecule has 1 atom stereocenters. The standard InChI is InChI=1S/C31H30F5N7O3S/c1-18(2)24-6-4-5-7-25(24)42-26(45)17-47-29(42)40-37-16-20-8-10-21(11-9-20)27-39-28(38-19(3)44)43(41-27)22-12-14-23(15-13-22)46-31(35,36)30(32,33)34/h4-15,18,29,37,40H,16-17H2,1-3H3,(H,38,39,41,44). The summed E-state index contributed by atoms with van der Waals surface area (Å²) in [6, 6.07) is 19.3. The molecular formula is C31H30F5N7O3S. The molecule has 47 heavy (non-hydrogen) atoms. The second kappa shape index (κ2) is 13.7. The van der Waals surface area contributed by atoms with Crippen molar-refractivity contribution in [1.82, 2.24) is 25.6 Å². The predicted molar refractivity (Wildman–Crippen MR) is 167 cm³/mol. The number of amides is 2. The summed E-state index contributed by atoms with van der Waals surface area (Å²) in [7, 11) is 0. The molecule has 1 fully saturated rings. The molecule has 1 aliphatic rings. The molecule has 1 aliphatic heterocycles. The quantitative estimate of drug-likeness (QED) is 0.127. The van der Waals surface area contributed by atoms with Crippen LogP contribution < -0.4 is 25.8 Å². The zero-order valence-electron chi connectivity index (χ0n) is 25.3. The number of nitrogens with zero attached hydrogens (tertiary/aromatic N) is 4. The summed E-state index contributed by atoms with van der Waals surface area (Å²) < 4.78 is 69.2. The van der Waals surface area contributed by atoms with Gasteiger partial charge in [-0.2, -0.15) is 31.6 Å². The first kappa shape index (κ1) is 33.8. The maximum atomic E-state index is 13.3. The lowest BCUT2D eigenvalue weighted by Crippen LogP contribution is -2.48. The third-order valence-corrected chi connectivity index (χ3v) is 8.03. The number of hydrazine groups is 1. The summed E-state index contributed by atoms with van der Waals surface area (Å²) in [5.74, 6) is -0.342. The molecule has 10 nitrogen and oxygen atoms in total. The number of aromatic nitrogens is 3. The van der Waals surface area contributed by atoms with Crippen molar-refractivity contribution >= 4 is 35.2 Å². The molecule has 0 aliphatic carbocycles. The molecule has 4 aromatic rings. The van der Waals surface area contributed by atoms with Crippen LogP contribution >= 0.6 is 11.8 Å². The van der Waals surface area contributed by atoms with Crippen molar-refractivity contribution in [3.8, 4) is 22.8 Å². The molecule has 5 rings (SSSR count). The Bertz CT molecular complexity index is 1730. The number of carbonyl (C=O) groups is 2. The van der Waals surface area contributed by atoms with E-state index in [1.807, 2.05) is 36.4 Å². The summed E-state index contributed by atoms with van der Waals surface area (Å²) in [6.45, 7) is 5.85. The summed E-state index contributed by atoms with van der Waals surface area (Å²) in [5, 5.41) is 6.94. The van der Waals surface area contributed by atoms with Gasteiger partial charge in [-0.3, -0.25) is 25.2 Å². The van der Waals surface area contributed by atoms with E-state index in [0.717, 1.165) is 28.9 Å². The van der Waals surface area contributed by atoms with Gasteiger partial charge in [-0.05, 0) is 47.4 Å². The molecule has 1 aromatic heterocycles. The first-order chi connectivity index (χ1) is 22.2. The maximum Gasteiger partial charge on any atom is 0.499 e. The molecule has 0 saturated carbocycles. The molecule has 2 amide bonds. The number of para-hydroxylation sites is 1. The van der Waals surface area contributed by atoms with Gasteiger partial charge in [0.05, 0.1) is 11.4 Å². The fourth-order valence-corrected chi connectivity index (χ4v) is 5.70. The van der Waals surface area contributed by atoms with E-state index < -0.39 is 23.9 Å². The lowest BCUT2D eigenvalue weighted by atomic mass is 10.0. The van der Waals surface area contributed by atoms with Gasteiger partial charge >= 0.3 is 12.3 Å². The normalized spacial score (nSPS) is 15.4. The first-order valence-electron chi connectivity index (χ1n) is 14.3. The molecule has 0 radical (unpaired) electrons. The highest BCUT2D eigenvalue weighted by molar-refractivity contribution is 8.01. The molecule has 1 saturated heterocycles. The van der Waals surface area contributed by atoms with E-state index >= 15 is 0 Å². The molecule has 0 spiro atoms. The van der Waals surface area contributed by atoms with E-state index in [-0.39, 0.29) is 34.8 Å². The summed E-state index contributed by atoms with van der Waals surface area (Å²) in [5.41, 5.74) is 9.79. The number of carbonyl (C=O) groups excluding carboxylic acids is 2. The van der Waals surface area contributed by atoms with Crippen molar-refractivity contribution in [2.45, 2.75) is 51.0 Å². The number of rotatable bonds is 11. The van der Waals surface area contributed by atoms with Crippen LogP contribution in [0.5, 0.6) is 5.75 Å². The number of hydrogen-bond acceptors (Lipinski definition) is 8. The summed E-state index contributed by atoms with van der Waals surface area (Å²) in [6.07, 6.45) is -11.3. The van der Waals surface area contributed by atoms with Crippen LogP contribution in [0.25, 0.3) is 17.1 Å². The number of halogens is 5. The van der Waals surface area contributed by atoms with Gasteiger partial charge < -0.3 is 4.74 Å². The number of nitrogens with one attached hydrogen (secondary N) is 3. The number of thioether (sulfide) groups is 1. The number of alkyl halides is 5. The zero-order chi connectivity index (χ0) is 33.9. The second-order valence-electron chi connectivity index (χ2n) is 10.8. The Balaban J connectivity index is 1.26. The molecule has 0 bridgehead atoms. The number of hydrogen-bond donors (Lipinski definition) is 3. The third-order valence-electron chi connectivity index (χ3n) is 6.97. The first-order valence-corrected chi connectivity index (χ1v) is 15.4. The average Bonchev–Trinajstić information content (AvgIpc) is 3.59. The number of benzene rings is 3. The van der Waals surface area contributed by atoms with Crippen molar-refractivity contribution in [1.29, 1.82) is 0 Å². The third kappa shape index (κ3) is 7.72. The molecule has 3 aromatic carbocycles. The summed E-state index contributed by atoms with van der Waals surface area (Å²) in [4.78, 5) is 30.7. The minimum atomic E-state index is -5.88. The minimum absolute atomic E-state index is 0.00365. The van der Waals surface area contributed by atoms with Gasteiger partial charge in [0.2, 0.25) is 17.8 Å². The van der Waals surface area contributed by atoms with Gasteiger partial charge in [-0.15, -0.1) is 16.9 Å². The van der Waals surface area contributed by atoms with Crippen LogP contribution in [0.2, 0.25) is 0 Å². The Morgan fingerprint density at radius 3 is 2.34 bits per heavy atom. The average molecular weight is 676 g/mol. The van der Waals surface area contributed by atoms with Crippen molar-refractivity contribution in [3.05, 3.63) is 83.9 Å². The largest absolute Gasteiger partial charge is 0.499 e. The minimum Gasteiger partial charge on any atom is -0.426 e. The van der Waals surface area contributed by atoms with Gasteiger partial charge in [0, 0.05) is 24.7 Å². The fraction of sp³-hybridized carbons (Fsp3) is 0.290. The van der Waals surface area contributed by atoms with Gasteiger partial charge in [-0.25, -0.2) is 5.43 Å². The van der Waals surface area contributed by atoms with Crippen LogP contribution in [0, 0.1) is 0 Å². The lowest BCUT2D eigenvalue weighted by molar-refractivity contribution is -0.360. The Kier molecular flexibility index (Phi) is 9.84. The Morgan fingerprint density at radius 1 is 1.02 bits per heavy atom. The second-order valence-corrected chi connectivity index (χ2v) is 11.9. The molecular weight excluding hydrogens is 645 g/mol. The SMILES string of the molecule is CC(=O)Nc1nc(-c2ccc(CNNC3SCC(=O)N3c3ccccc3C(C)C)cc2)nn1-c1ccc(OC(F)(F)C(F)(F)F)cc1. The van der Waals surface area contributed by atoms with Crippen LogP contribution in [-0.2, 0) is 16.1 Å². The van der Waals surface area contributed by atoms with Gasteiger partial charge in [-0.1, -0.05) is 56.3 Å². The van der Waals surface area contributed by atoms with Crippen LogP contribution in [0.15, 0.2) is 72.8 Å². The Labute approximate surface area is 270 Å². The van der Waals surface area contributed by atoms with E-state index in [2.05, 4.69) is 44.8 Å². The lowest BCUT2D eigenvalue weighted by Gasteiger charge is -2.28. The molecule has 2 heterocycles. The highest BCUT2D eigenvalue weighted by Gasteiger charge is 2.61. The van der Waals surface area contributed by atoms with Crippen molar-refractivity contribution < 1.29 is 36.3 Å². The van der Waals surface area contributed by atoms with Crippen molar-refractivity contribution in [2.75, 3.05) is 16.0 Å². The Morgan fingerprint density at radius 2 is 1.70 bits per heavy atom. The van der Waals surface area contributed by atoms with Crippen LogP contribution in [-0.4, -0.2) is 50.1 Å². The van der Waals surface area contributed by atoms with E-state index in [1.54, 1.807) is 17.0 Å². The molecule has 16 heteroatoms. The van der Waals surface area contributed by atoms with E-state index in [1.165, 1.54) is 35.5 Å². The molecule has 248 valence electrons. The van der Waals surface area contributed by atoms with E-state index in [0.29, 0.717) is 17.9 Å². The van der Waals surface area contributed by atoms with Crippen LogP contribution in [0.1, 0.15) is 37.8 Å². The van der Waals surface area contributed by atoms with Crippen LogP contribution in [0.4, 0.5) is 33.6 Å². The fourth-order valence-electron chi connectivity index (χ4n) is 4.71. The van der Waals surface area contributed by atoms with Gasteiger partial charge in [0.25, 0.3) is 0 Å². The van der Waals surface area contributed by atoms with Crippen molar-refractivity contribution in [2.24, 2.45) is 0 Å². The molecule has 3 N–H and O–H groups in total. The number of ether oxygens (including phenoxy) is 1. The Hall–Kier alpha value is -4.54. The highest BCUT2D eigenvalue weighted by Crippen LogP contribution is 2.38.